The van der Waals surface area contributed by atoms with Gasteiger partial charge in [-0.05, 0) is 18.2 Å². The molecule has 1 heterocycles. The summed E-state index contributed by atoms with van der Waals surface area (Å²) in [5.74, 6) is -0.310. The lowest BCUT2D eigenvalue weighted by molar-refractivity contribution is -0.121. The van der Waals surface area contributed by atoms with E-state index in [4.69, 9.17) is 0 Å². The molecule has 0 N–H and O–H groups in total. The van der Waals surface area contributed by atoms with Crippen LogP contribution in [-0.4, -0.2) is 17.3 Å². The number of Topliss-reactive ketones (excluding diaryl/α,β-unsaturated/α-hetero) is 1. The van der Waals surface area contributed by atoms with Crippen LogP contribution in [0.25, 0.3) is 0 Å². The van der Waals surface area contributed by atoms with Gasteiger partial charge in [0.15, 0.2) is 11.6 Å². The number of ketones is 2. The van der Waals surface area contributed by atoms with Gasteiger partial charge in [0.1, 0.15) is 5.71 Å². The van der Waals surface area contributed by atoms with Gasteiger partial charge < -0.3 is 0 Å². The zero-order chi connectivity index (χ0) is 11.1. The van der Waals surface area contributed by atoms with E-state index >= 15 is 0 Å². The van der Waals surface area contributed by atoms with E-state index in [9.17, 15) is 9.59 Å². The first kappa shape index (κ1) is 9.54. The highest BCUT2D eigenvalue weighted by molar-refractivity contribution is 8.04. The molecule has 0 atom stereocenters. The molecule has 0 bridgehead atoms. The maximum atomic E-state index is 11.6. The van der Waals surface area contributed by atoms with Gasteiger partial charge in [0.05, 0.1) is 12.1 Å². The molecule has 0 aromatic heterocycles. The van der Waals surface area contributed by atoms with E-state index in [-0.39, 0.29) is 18.0 Å². The Morgan fingerprint density at radius 3 is 2.88 bits per heavy atom. The molecular weight excluding hydrogens is 222 g/mol. The van der Waals surface area contributed by atoms with E-state index in [0.717, 1.165) is 10.6 Å². The van der Waals surface area contributed by atoms with Gasteiger partial charge in [-0.3, -0.25) is 9.59 Å². The Balaban J connectivity index is 2.19. The highest BCUT2D eigenvalue weighted by Gasteiger charge is 2.29. The fraction of sp³-hybridized carbons (Fsp3) is 0.0833. The molecule has 0 unspecified atom stereocenters. The Hall–Kier alpha value is -1.68. The predicted molar refractivity (Wildman–Crippen MR) is 62.1 cm³/mol. The van der Waals surface area contributed by atoms with Crippen LogP contribution in [0.1, 0.15) is 6.42 Å². The van der Waals surface area contributed by atoms with Gasteiger partial charge in [-0.1, -0.05) is 23.9 Å². The predicted octanol–water partition coefficient (Wildman–Crippen LogP) is 2.29. The first-order chi connectivity index (χ1) is 7.74. The molecule has 1 aromatic rings. The van der Waals surface area contributed by atoms with Crippen LogP contribution in [0.5, 0.6) is 0 Å². The van der Waals surface area contributed by atoms with Crippen molar-refractivity contribution in [3.63, 3.8) is 0 Å². The molecule has 0 amide bonds. The molecule has 0 saturated carbocycles. The molecule has 0 radical (unpaired) electrons. The number of nitrogens with zero attached hydrogens (tertiary/aromatic N) is 1. The molecule has 1 aliphatic heterocycles. The number of aliphatic imine (C=N–C) groups is 1. The minimum absolute atomic E-state index is 0.0505. The number of hydrogen-bond acceptors (Lipinski definition) is 4. The van der Waals surface area contributed by atoms with Crippen LogP contribution in [0.15, 0.2) is 45.1 Å². The Morgan fingerprint density at radius 1 is 1.19 bits per heavy atom. The number of hydrogen-bond donors (Lipinski definition) is 0. The summed E-state index contributed by atoms with van der Waals surface area (Å²) in [6.07, 6.45) is 1.46. The summed E-state index contributed by atoms with van der Waals surface area (Å²) in [5, 5.41) is 0. The molecule has 1 aliphatic carbocycles. The molecule has 0 spiro atoms. The van der Waals surface area contributed by atoms with Crippen molar-refractivity contribution in [3.8, 4) is 0 Å². The van der Waals surface area contributed by atoms with E-state index in [1.165, 1.54) is 17.8 Å². The van der Waals surface area contributed by atoms with Gasteiger partial charge in [0.2, 0.25) is 0 Å². The summed E-state index contributed by atoms with van der Waals surface area (Å²) in [4.78, 5) is 28.9. The molecular formula is C12H7NO2S. The van der Waals surface area contributed by atoms with Crippen LogP contribution >= 0.6 is 11.8 Å². The van der Waals surface area contributed by atoms with Crippen molar-refractivity contribution in [2.45, 2.75) is 11.3 Å². The number of carbonyl (C=O) groups is 2. The lowest BCUT2D eigenvalue weighted by Crippen LogP contribution is -2.24. The largest absolute Gasteiger partial charge is 0.294 e. The summed E-state index contributed by atoms with van der Waals surface area (Å²) in [6.45, 7) is 0. The second kappa shape index (κ2) is 3.42. The van der Waals surface area contributed by atoms with Gasteiger partial charge >= 0.3 is 0 Å². The van der Waals surface area contributed by atoms with Crippen LogP contribution in [0.3, 0.4) is 0 Å². The van der Waals surface area contributed by atoms with E-state index < -0.39 is 0 Å². The van der Waals surface area contributed by atoms with E-state index in [0.29, 0.717) is 10.6 Å². The van der Waals surface area contributed by atoms with Crippen LogP contribution in [-0.2, 0) is 9.59 Å². The van der Waals surface area contributed by atoms with Gasteiger partial charge in [-0.15, -0.1) is 0 Å². The third-order valence-corrected chi connectivity index (χ3v) is 3.54. The SMILES string of the molecule is O=C1C=C2Sc3ccccc3N=C2C(=O)C1. The first-order valence-corrected chi connectivity index (χ1v) is 5.69. The quantitative estimate of drug-likeness (QED) is 0.641. The topological polar surface area (TPSA) is 46.5 Å². The van der Waals surface area contributed by atoms with Gasteiger partial charge in [0, 0.05) is 9.80 Å². The van der Waals surface area contributed by atoms with Crippen molar-refractivity contribution in [2.75, 3.05) is 0 Å². The third-order valence-electron chi connectivity index (χ3n) is 2.44. The third kappa shape index (κ3) is 1.42. The van der Waals surface area contributed by atoms with Gasteiger partial charge in [-0.2, -0.15) is 0 Å². The van der Waals surface area contributed by atoms with Crippen molar-refractivity contribution in [2.24, 2.45) is 4.99 Å². The van der Waals surface area contributed by atoms with Crippen molar-refractivity contribution < 1.29 is 9.59 Å². The Morgan fingerprint density at radius 2 is 2.00 bits per heavy atom. The summed E-state index contributed by atoms with van der Waals surface area (Å²) in [5.41, 5.74) is 1.24. The van der Waals surface area contributed by atoms with Crippen LogP contribution in [0, 0.1) is 0 Å². The van der Waals surface area contributed by atoms with Crippen molar-refractivity contribution in [3.05, 3.63) is 35.2 Å². The smallest absolute Gasteiger partial charge is 0.190 e. The Labute approximate surface area is 96.3 Å². The second-order valence-electron chi connectivity index (χ2n) is 3.61. The first-order valence-electron chi connectivity index (χ1n) is 4.88. The fourth-order valence-electron chi connectivity index (χ4n) is 1.71. The van der Waals surface area contributed by atoms with Crippen LogP contribution in [0.2, 0.25) is 0 Å². The minimum atomic E-state index is -0.176. The number of benzene rings is 1. The molecule has 2 aliphatic rings. The lowest BCUT2D eigenvalue weighted by atomic mass is 10.0. The Bertz CT molecular complexity index is 572. The molecule has 3 rings (SSSR count). The van der Waals surface area contributed by atoms with Crippen molar-refractivity contribution >= 4 is 34.7 Å². The molecule has 0 fully saturated rings. The maximum Gasteiger partial charge on any atom is 0.190 e. The lowest BCUT2D eigenvalue weighted by Gasteiger charge is -2.19. The molecule has 0 saturated heterocycles. The van der Waals surface area contributed by atoms with Crippen molar-refractivity contribution in [1.82, 2.24) is 0 Å². The van der Waals surface area contributed by atoms with Crippen LogP contribution in [0.4, 0.5) is 5.69 Å². The summed E-state index contributed by atoms with van der Waals surface area (Å²) in [6, 6.07) is 7.61. The second-order valence-corrected chi connectivity index (χ2v) is 4.69. The molecule has 4 heteroatoms. The number of fused-ring (bicyclic) bond motifs is 2. The molecule has 1 aromatic carbocycles. The van der Waals surface area contributed by atoms with Crippen LogP contribution < -0.4 is 0 Å². The van der Waals surface area contributed by atoms with Crippen molar-refractivity contribution in [1.29, 1.82) is 0 Å². The number of rotatable bonds is 0. The van der Waals surface area contributed by atoms with E-state index in [2.05, 4.69) is 4.99 Å². The Kier molecular flexibility index (Phi) is 2.04. The normalized spacial score (nSPS) is 18.5. The fourth-order valence-corrected chi connectivity index (χ4v) is 2.76. The van der Waals surface area contributed by atoms with E-state index in [1.807, 2.05) is 24.3 Å². The monoisotopic (exact) mass is 229 g/mol. The van der Waals surface area contributed by atoms with Gasteiger partial charge in [0.25, 0.3) is 0 Å². The summed E-state index contributed by atoms with van der Waals surface area (Å²) < 4.78 is 0. The molecule has 16 heavy (non-hydrogen) atoms. The summed E-state index contributed by atoms with van der Waals surface area (Å²) in [7, 11) is 0. The number of thioether (sulfide) groups is 1. The zero-order valence-corrected chi connectivity index (χ0v) is 9.08. The molecule has 3 nitrogen and oxygen atoms in total. The standard InChI is InChI=1S/C12H7NO2S/c14-7-5-9(15)12-11(6-7)16-10-4-2-1-3-8(10)13-12/h1-4,6H,5H2. The molecule has 78 valence electrons. The van der Waals surface area contributed by atoms with E-state index in [1.54, 1.807) is 0 Å². The number of allylic oxidation sites excluding steroid dienone is 2. The average molecular weight is 229 g/mol. The van der Waals surface area contributed by atoms with Gasteiger partial charge in [-0.25, -0.2) is 4.99 Å². The number of para-hydroxylation sites is 1. The highest BCUT2D eigenvalue weighted by Crippen LogP contribution is 2.41. The average Bonchev–Trinajstić information content (AvgIpc) is 2.27. The summed E-state index contributed by atoms with van der Waals surface area (Å²) >= 11 is 1.44. The zero-order valence-electron chi connectivity index (χ0n) is 8.27. The maximum absolute atomic E-state index is 11.6. The highest BCUT2D eigenvalue weighted by atomic mass is 32.2. The minimum Gasteiger partial charge on any atom is -0.294 e. The number of carbonyl (C=O) groups excluding carboxylic acids is 2.